The van der Waals surface area contributed by atoms with Crippen molar-refractivity contribution in [2.24, 2.45) is 7.05 Å². The van der Waals surface area contributed by atoms with Gasteiger partial charge in [-0.2, -0.15) is 0 Å². The lowest BCUT2D eigenvalue weighted by molar-refractivity contribution is 0.577. The van der Waals surface area contributed by atoms with Gasteiger partial charge in [0.05, 0.1) is 11.5 Å². The Labute approximate surface area is 117 Å². The van der Waals surface area contributed by atoms with Gasteiger partial charge in [-0.25, -0.2) is 18.1 Å². The highest BCUT2D eigenvalue weighted by Gasteiger charge is 2.35. The average molecular weight is 295 g/mol. The van der Waals surface area contributed by atoms with Gasteiger partial charge in [-0.3, -0.25) is 0 Å². The van der Waals surface area contributed by atoms with E-state index >= 15 is 0 Å². The molecular weight excluding hydrogens is 278 g/mol. The SMILES string of the molecule is Cn1cc(-c2ccco2)nc1CCNS(=O)(=O)C1CC1. The minimum Gasteiger partial charge on any atom is -0.463 e. The Morgan fingerprint density at radius 1 is 1.50 bits per heavy atom. The van der Waals surface area contributed by atoms with Crippen LogP contribution in [0.15, 0.2) is 29.0 Å². The molecule has 0 aliphatic heterocycles. The fourth-order valence-corrected chi connectivity index (χ4v) is 3.46. The van der Waals surface area contributed by atoms with Gasteiger partial charge in [0, 0.05) is 26.2 Å². The molecule has 3 rings (SSSR count). The van der Waals surface area contributed by atoms with Crippen LogP contribution in [0.2, 0.25) is 0 Å². The molecule has 20 heavy (non-hydrogen) atoms. The highest BCUT2D eigenvalue weighted by atomic mass is 32.2. The van der Waals surface area contributed by atoms with Crippen molar-refractivity contribution in [1.29, 1.82) is 0 Å². The molecule has 0 spiro atoms. The fraction of sp³-hybridized carbons (Fsp3) is 0.462. The van der Waals surface area contributed by atoms with E-state index in [1.54, 1.807) is 6.26 Å². The Hall–Kier alpha value is -1.60. The molecular formula is C13H17N3O3S. The number of imidazole rings is 1. The molecule has 6 nitrogen and oxygen atoms in total. The molecule has 2 aromatic heterocycles. The zero-order valence-corrected chi connectivity index (χ0v) is 12.1. The second-order valence-corrected chi connectivity index (χ2v) is 7.06. The average Bonchev–Trinajstić information content (AvgIpc) is 3.01. The highest BCUT2D eigenvalue weighted by Crippen LogP contribution is 2.27. The summed E-state index contributed by atoms with van der Waals surface area (Å²) in [6, 6.07) is 3.66. The first kappa shape index (κ1) is 13.4. The van der Waals surface area contributed by atoms with E-state index in [-0.39, 0.29) is 5.25 Å². The highest BCUT2D eigenvalue weighted by molar-refractivity contribution is 7.90. The third-order valence-electron chi connectivity index (χ3n) is 3.36. The second-order valence-electron chi connectivity index (χ2n) is 5.02. The van der Waals surface area contributed by atoms with Crippen LogP contribution in [0.25, 0.3) is 11.5 Å². The summed E-state index contributed by atoms with van der Waals surface area (Å²) in [5, 5.41) is -0.178. The number of aromatic nitrogens is 2. The summed E-state index contributed by atoms with van der Waals surface area (Å²) in [4.78, 5) is 4.47. The van der Waals surface area contributed by atoms with Crippen LogP contribution in [0, 0.1) is 0 Å². The Kier molecular flexibility index (Phi) is 3.39. The third kappa shape index (κ3) is 2.78. The smallest absolute Gasteiger partial charge is 0.214 e. The number of hydrogen-bond donors (Lipinski definition) is 1. The van der Waals surface area contributed by atoms with Gasteiger partial charge in [-0.1, -0.05) is 0 Å². The standard InChI is InChI=1S/C13H17N3O3S/c1-16-9-11(12-3-2-8-19-12)15-13(16)6-7-14-20(17,18)10-4-5-10/h2-3,8-10,14H,4-7H2,1H3. The molecule has 108 valence electrons. The first-order valence-electron chi connectivity index (χ1n) is 6.61. The number of sulfonamides is 1. The summed E-state index contributed by atoms with van der Waals surface area (Å²) in [5.41, 5.74) is 0.762. The maximum atomic E-state index is 11.7. The lowest BCUT2D eigenvalue weighted by Crippen LogP contribution is -2.29. The molecule has 1 fully saturated rings. The van der Waals surface area contributed by atoms with Gasteiger partial charge in [-0.05, 0) is 25.0 Å². The zero-order chi connectivity index (χ0) is 14.2. The predicted octanol–water partition coefficient (Wildman–Crippen LogP) is 1.30. The first-order valence-corrected chi connectivity index (χ1v) is 8.15. The second kappa shape index (κ2) is 5.06. The van der Waals surface area contributed by atoms with Gasteiger partial charge in [0.15, 0.2) is 5.76 Å². The van der Waals surface area contributed by atoms with Crippen LogP contribution < -0.4 is 4.72 Å². The maximum Gasteiger partial charge on any atom is 0.214 e. The largest absolute Gasteiger partial charge is 0.463 e. The van der Waals surface area contributed by atoms with Gasteiger partial charge in [0.25, 0.3) is 0 Å². The van der Waals surface area contributed by atoms with Gasteiger partial charge >= 0.3 is 0 Å². The van der Waals surface area contributed by atoms with E-state index in [0.29, 0.717) is 18.7 Å². The van der Waals surface area contributed by atoms with Gasteiger partial charge in [0.1, 0.15) is 11.5 Å². The molecule has 0 atom stereocenters. The summed E-state index contributed by atoms with van der Waals surface area (Å²) in [6.45, 7) is 0.376. The molecule has 0 saturated heterocycles. The molecule has 2 heterocycles. The fourth-order valence-electron chi connectivity index (χ4n) is 2.08. The minimum atomic E-state index is -3.11. The predicted molar refractivity (Wildman–Crippen MR) is 74.6 cm³/mol. The number of furan rings is 1. The summed E-state index contributed by atoms with van der Waals surface area (Å²) in [6.07, 6.45) is 5.60. The molecule has 2 aromatic rings. The van der Waals surface area contributed by atoms with E-state index in [0.717, 1.165) is 24.4 Å². The van der Waals surface area contributed by atoms with Crippen LogP contribution in [0.3, 0.4) is 0 Å². The van der Waals surface area contributed by atoms with Crippen LogP contribution in [0.1, 0.15) is 18.7 Å². The van der Waals surface area contributed by atoms with Crippen molar-refractivity contribution in [3.63, 3.8) is 0 Å². The molecule has 1 N–H and O–H groups in total. The Morgan fingerprint density at radius 3 is 2.95 bits per heavy atom. The number of aryl methyl sites for hydroxylation is 1. The van der Waals surface area contributed by atoms with Crippen LogP contribution >= 0.6 is 0 Å². The monoisotopic (exact) mass is 295 g/mol. The van der Waals surface area contributed by atoms with Crippen molar-refractivity contribution < 1.29 is 12.8 Å². The van der Waals surface area contributed by atoms with E-state index in [9.17, 15) is 8.42 Å². The summed E-state index contributed by atoms with van der Waals surface area (Å²) in [5.74, 6) is 1.54. The van der Waals surface area contributed by atoms with Crippen molar-refractivity contribution in [1.82, 2.24) is 14.3 Å². The van der Waals surface area contributed by atoms with Gasteiger partial charge in [0.2, 0.25) is 10.0 Å². The zero-order valence-electron chi connectivity index (χ0n) is 11.2. The van der Waals surface area contributed by atoms with Crippen molar-refractivity contribution in [3.05, 3.63) is 30.4 Å². The van der Waals surface area contributed by atoms with Crippen LogP contribution in [-0.4, -0.2) is 29.8 Å². The summed E-state index contributed by atoms with van der Waals surface area (Å²) < 4.78 is 33.2. The molecule has 0 radical (unpaired) electrons. The van der Waals surface area contributed by atoms with E-state index in [4.69, 9.17) is 4.42 Å². The number of nitrogens with one attached hydrogen (secondary N) is 1. The summed E-state index contributed by atoms with van der Waals surface area (Å²) in [7, 11) is -1.22. The molecule has 0 aromatic carbocycles. The van der Waals surface area contributed by atoms with Crippen molar-refractivity contribution in [3.8, 4) is 11.5 Å². The molecule has 1 saturated carbocycles. The first-order chi connectivity index (χ1) is 9.56. The molecule has 1 aliphatic carbocycles. The Bertz CT molecular complexity index is 685. The topological polar surface area (TPSA) is 77.1 Å². The normalized spacial score (nSPS) is 15.7. The molecule has 0 amide bonds. The van der Waals surface area contributed by atoms with E-state index in [1.807, 2.05) is 29.9 Å². The van der Waals surface area contributed by atoms with Gasteiger partial charge < -0.3 is 8.98 Å². The Morgan fingerprint density at radius 2 is 2.30 bits per heavy atom. The van der Waals surface area contributed by atoms with Crippen molar-refractivity contribution in [2.75, 3.05) is 6.54 Å². The number of nitrogens with zero attached hydrogens (tertiary/aromatic N) is 2. The quantitative estimate of drug-likeness (QED) is 0.871. The van der Waals surface area contributed by atoms with Gasteiger partial charge in [-0.15, -0.1) is 0 Å². The van der Waals surface area contributed by atoms with E-state index < -0.39 is 10.0 Å². The van der Waals surface area contributed by atoms with E-state index in [1.165, 1.54) is 0 Å². The van der Waals surface area contributed by atoms with Crippen LogP contribution in [0.4, 0.5) is 0 Å². The van der Waals surface area contributed by atoms with E-state index in [2.05, 4.69) is 9.71 Å². The summed E-state index contributed by atoms with van der Waals surface area (Å²) >= 11 is 0. The molecule has 0 unspecified atom stereocenters. The lowest BCUT2D eigenvalue weighted by atomic mass is 10.3. The molecule has 1 aliphatic rings. The Balaban J connectivity index is 1.63. The maximum absolute atomic E-state index is 11.7. The molecule has 0 bridgehead atoms. The van der Waals surface area contributed by atoms with Crippen LogP contribution in [0.5, 0.6) is 0 Å². The lowest BCUT2D eigenvalue weighted by Gasteiger charge is -2.05. The van der Waals surface area contributed by atoms with Crippen LogP contribution in [-0.2, 0) is 23.5 Å². The number of rotatable bonds is 6. The number of hydrogen-bond acceptors (Lipinski definition) is 4. The van der Waals surface area contributed by atoms with Crippen molar-refractivity contribution >= 4 is 10.0 Å². The van der Waals surface area contributed by atoms with Crippen molar-refractivity contribution in [2.45, 2.75) is 24.5 Å². The molecule has 7 heteroatoms. The third-order valence-corrected chi connectivity index (χ3v) is 5.32. The minimum absolute atomic E-state index is 0.178.